The van der Waals surface area contributed by atoms with E-state index >= 15 is 0 Å². The molecular weight excluding hydrogens is 370 g/mol. The summed E-state index contributed by atoms with van der Waals surface area (Å²) in [6, 6.07) is 3.45. The molecule has 1 aliphatic rings. The second kappa shape index (κ2) is 9.15. The molecule has 1 aromatic rings. The van der Waals surface area contributed by atoms with Gasteiger partial charge in [-0.1, -0.05) is 6.92 Å². The molecule has 0 aliphatic carbocycles. The maximum Gasteiger partial charge on any atom is 0.252 e. The van der Waals surface area contributed by atoms with Gasteiger partial charge in [0.05, 0.1) is 5.92 Å². The highest BCUT2D eigenvalue weighted by atomic mass is 35.5. The van der Waals surface area contributed by atoms with Crippen LogP contribution in [0.15, 0.2) is 16.3 Å². The Bertz CT molecular complexity index is 648. The van der Waals surface area contributed by atoms with Gasteiger partial charge in [0.2, 0.25) is 5.91 Å². The largest absolute Gasteiger partial charge is 0.356 e. The van der Waals surface area contributed by atoms with Gasteiger partial charge in [-0.05, 0) is 44.4 Å². The molecule has 2 unspecified atom stereocenters. The van der Waals surface area contributed by atoms with Crippen molar-refractivity contribution in [3.05, 3.63) is 17.0 Å². The monoisotopic (exact) mass is 395 g/mol. The van der Waals surface area contributed by atoms with Crippen LogP contribution in [0.5, 0.6) is 0 Å². The van der Waals surface area contributed by atoms with Gasteiger partial charge < -0.3 is 11.1 Å². The van der Waals surface area contributed by atoms with Gasteiger partial charge in [-0.15, -0.1) is 23.7 Å². The summed E-state index contributed by atoms with van der Waals surface area (Å²) in [7, 11) is -3.49. The second-order valence-electron chi connectivity index (χ2n) is 6.15. The molecular formula is C15H26ClN3O3S2. The van der Waals surface area contributed by atoms with Crippen molar-refractivity contribution in [1.29, 1.82) is 0 Å². The number of carbonyl (C=O) groups excluding carboxylic acids is 1. The van der Waals surface area contributed by atoms with E-state index in [9.17, 15) is 13.2 Å². The Kier molecular flexibility index (Phi) is 8.14. The predicted octanol–water partition coefficient (Wildman–Crippen LogP) is 1.59. The third kappa shape index (κ3) is 5.16. The third-order valence-corrected chi connectivity index (χ3v) is 7.43. The van der Waals surface area contributed by atoms with Gasteiger partial charge in [-0.2, -0.15) is 4.31 Å². The zero-order valence-corrected chi connectivity index (χ0v) is 16.5. The minimum Gasteiger partial charge on any atom is -0.356 e. The fourth-order valence-corrected chi connectivity index (χ4v) is 5.52. The minimum atomic E-state index is -3.49. The normalized spacial score (nSPS) is 20.2. The summed E-state index contributed by atoms with van der Waals surface area (Å²) in [5, 5.41) is 2.88. The molecule has 0 radical (unpaired) electrons. The average molecular weight is 396 g/mol. The quantitative estimate of drug-likeness (QED) is 0.764. The Morgan fingerprint density at radius 2 is 2.21 bits per heavy atom. The fraction of sp³-hybridized carbons (Fsp3) is 0.667. The standard InChI is InChI=1S/C15H25N3O3S2.ClH/c1-11(8-16)9-17-15(19)13-4-3-7-18(10-13)23(20,21)14-6-5-12(2)22-14;/h5-6,11,13H,3-4,7-10,16H2,1-2H3,(H,17,19);1H. The van der Waals surface area contributed by atoms with Crippen molar-refractivity contribution in [2.24, 2.45) is 17.6 Å². The van der Waals surface area contributed by atoms with Crippen LogP contribution in [0, 0.1) is 18.8 Å². The van der Waals surface area contributed by atoms with Crippen LogP contribution in [0.2, 0.25) is 0 Å². The van der Waals surface area contributed by atoms with Crippen LogP contribution in [0.25, 0.3) is 0 Å². The van der Waals surface area contributed by atoms with E-state index in [1.165, 1.54) is 15.6 Å². The van der Waals surface area contributed by atoms with E-state index in [0.29, 0.717) is 30.3 Å². The van der Waals surface area contributed by atoms with Crippen molar-refractivity contribution in [2.45, 2.75) is 30.9 Å². The number of hydrogen-bond acceptors (Lipinski definition) is 5. The number of hydrogen-bond donors (Lipinski definition) is 2. The minimum absolute atomic E-state index is 0. The highest BCUT2D eigenvalue weighted by molar-refractivity contribution is 7.91. The van der Waals surface area contributed by atoms with Crippen LogP contribution >= 0.6 is 23.7 Å². The molecule has 1 fully saturated rings. The lowest BCUT2D eigenvalue weighted by Crippen LogP contribution is -2.46. The Morgan fingerprint density at radius 3 is 2.79 bits per heavy atom. The fourth-order valence-electron chi connectivity index (χ4n) is 2.56. The topological polar surface area (TPSA) is 92.5 Å². The molecule has 0 bridgehead atoms. The molecule has 3 N–H and O–H groups in total. The molecule has 1 aliphatic heterocycles. The summed E-state index contributed by atoms with van der Waals surface area (Å²) in [5.41, 5.74) is 5.54. The van der Waals surface area contributed by atoms with Crippen LogP contribution in [0.1, 0.15) is 24.6 Å². The number of nitrogens with zero attached hydrogens (tertiary/aromatic N) is 1. The number of thiophene rings is 1. The zero-order valence-electron chi connectivity index (χ0n) is 14.0. The summed E-state index contributed by atoms with van der Waals surface area (Å²) in [5.74, 6) is -0.145. The van der Waals surface area contributed by atoms with Gasteiger partial charge in [0.1, 0.15) is 4.21 Å². The molecule has 2 rings (SSSR count). The van der Waals surface area contributed by atoms with Gasteiger partial charge in [0, 0.05) is 24.5 Å². The summed E-state index contributed by atoms with van der Waals surface area (Å²) in [6.07, 6.45) is 1.42. The molecule has 1 saturated heterocycles. The first kappa shape index (κ1) is 21.4. The number of carbonyl (C=O) groups is 1. The van der Waals surface area contributed by atoms with Crippen LogP contribution < -0.4 is 11.1 Å². The van der Waals surface area contributed by atoms with E-state index in [1.54, 1.807) is 12.1 Å². The van der Waals surface area contributed by atoms with Crippen molar-refractivity contribution < 1.29 is 13.2 Å². The van der Waals surface area contributed by atoms with Crippen molar-refractivity contribution in [3.8, 4) is 0 Å². The van der Waals surface area contributed by atoms with E-state index < -0.39 is 10.0 Å². The van der Waals surface area contributed by atoms with Crippen LogP contribution in [-0.4, -0.2) is 44.8 Å². The first-order chi connectivity index (χ1) is 10.8. The lowest BCUT2D eigenvalue weighted by Gasteiger charge is -2.31. The van der Waals surface area contributed by atoms with Crippen molar-refractivity contribution in [1.82, 2.24) is 9.62 Å². The first-order valence-electron chi connectivity index (χ1n) is 7.89. The van der Waals surface area contributed by atoms with E-state index in [0.717, 1.165) is 11.3 Å². The van der Waals surface area contributed by atoms with Gasteiger partial charge in [-0.3, -0.25) is 4.79 Å². The maximum absolute atomic E-state index is 12.7. The number of nitrogens with two attached hydrogens (primary N) is 1. The molecule has 1 aromatic heterocycles. The van der Waals surface area contributed by atoms with Crippen molar-refractivity contribution in [2.75, 3.05) is 26.2 Å². The molecule has 0 saturated carbocycles. The van der Waals surface area contributed by atoms with Crippen molar-refractivity contribution in [3.63, 3.8) is 0 Å². The molecule has 2 heterocycles. The Morgan fingerprint density at radius 1 is 1.50 bits per heavy atom. The SMILES string of the molecule is Cc1ccc(S(=O)(=O)N2CCCC(C(=O)NCC(C)CN)C2)s1.Cl. The van der Waals surface area contributed by atoms with E-state index in [2.05, 4.69) is 5.32 Å². The highest BCUT2D eigenvalue weighted by Crippen LogP contribution is 2.28. The second-order valence-corrected chi connectivity index (χ2v) is 9.61. The first-order valence-corrected chi connectivity index (χ1v) is 10.1. The molecule has 0 spiro atoms. The lowest BCUT2D eigenvalue weighted by molar-refractivity contribution is -0.126. The smallest absolute Gasteiger partial charge is 0.252 e. The average Bonchev–Trinajstić information content (AvgIpc) is 2.99. The number of amides is 1. The number of piperidine rings is 1. The van der Waals surface area contributed by atoms with E-state index in [4.69, 9.17) is 5.73 Å². The molecule has 9 heteroatoms. The Balaban J connectivity index is 0.00000288. The van der Waals surface area contributed by atoms with Gasteiger partial charge in [0.15, 0.2) is 0 Å². The number of aryl methyl sites for hydroxylation is 1. The molecule has 138 valence electrons. The van der Waals surface area contributed by atoms with Crippen LogP contribution in [-0.2, 0) is 14.8 Å². The zero-order chi connectivity index (χ0) is 17.0. The number of rotatable bonds is 6. The molecule has 24 heavy (non-hydrogen) atoms. The highest BCUT2D eigenvalue weighted by Gasteiger charge is 2.33. The number of sulfonamides is 1. The number of nitrogens with one attached hydrogen (secondary N) is 1. The molecule has 0 aromatic carbocycles. The molecule has 2 atom stereocenters. The van der Waals surface area contributed by atoms with Gasteiger partial charge in [-0.25, -0.2) is 8.42 Å². The van der Waals surface area contributed by atoms with Crippen LogP contribution in [0.3, 0.4) is 0 Å². The lowest BCUT2D eigenvalue weighted by atomic mass is 9.98. The Hall–Kier alpha value is -0.670. The van der Waals surface area contributed by atoms with Crippen LogP contribution in [0.4, 0.5) is 0 Å². The summed E-state index contributed by atoms with van der Waals surface area (Å²) in [4.78, 5) is 13.2. The third-order valence-electron chi connectivity index (χ3n) is 4.09. The predicted molar refractivity (Wildman–Crippen MR) is 99.0 cm³/mol. The molecule has 6 nitrogen and oxygen atoms in total. The maximum atomic E-state index is 12.7. The van der Waals surface area contributed by atoms with Crippen molar-refractivity contribution >= 4 is 39.7 Å². The summed E-state index contributed by atoms with van der Waals surface area (Å²) < 4.78 is 27.1. The Labute approximate surface area is 154 Å². The van der Waals surface area contributed by atoms with E-state index in [1.807, 2.05) is 13.8 Å². The van der Waals surface area contributed by atoms with Gasteiger partial charge >= 0.3 is 0 Å². The molecule has 1 amide bonds. The summed E-state index contributed by atoms with van der Waals surface area (Å²) >= 11 is 1.27. The number of halogens is 1. The summed E-state index contributed by atoms with van der Waals surface area (Å²) in [6.45, 7) is 5.63. The van der Waals surface area contributed by atoms with Gasteiger partial charge in [0.25, 0.3) is 10.0 Å². The van der Waals surface area contributed by atoms with E-state index in [-0.39, 0.29) is 36.7 Å².